The van der Waals surface area contributed by atoms with Crippen LogP contribution >= 0.6 is 0 Å². The van der Waals surface area contributed by atoms with Crippen LogP contribution in [0.25, 0.3) is 11.0 Å². The van der Waals surface area contributed by atoms with E-state index in [1.807, 2.05) is 18.2 Å². The maximum Gasteiger partial charge on any atom is 0.203 e. The number of para-hydroxylation sites is 2. The Balaban J connectivity index is 1.61. The third kappa shape index (κ3) is 3.54. The van der Waals surface area contributed by atoms with Gasteiger partial charge >= 0.3 is 0 Å². The minimum atomic E-state index is 0.305. The fraction of sp³-hybridized carbons (Fsp3) is 0.562. The number of hydrogen-bond acceptors (Lipinski definition) is 4. The molecule has 1 aliphatic heterocycles. The first-order valence-corrected chi connectivity index (χ1v) is 7.90. The van der Waals surface area contributed by atoms with Gasteiger partial charge in [0.05, 0.1) is 11.0 Å². The van der Waals surface area contributed by atoms with Gasteiger partial charge in [-0.1, -0.05) is 12.1 Å². The van der Waals surface area contributed by atoms with Crippen LogP contribution in [0.2, 0.25) is 0 Å². The minimum Gasteiger partial charge on any atom is -0.396 e. The first-order chi connectivity index (χ1) is 10.4. The molecule has 0 aliphatic carbocycles. The van der Waals surface area contributed by atoms with E-state index >= 15 is 0 Å². The second kappa shape index (κ2) is 6.91. The Bertz CT molecular complexity index is 535. The van der Waals surface area contributed by atoms with Crippen molar-refractivity contribution >= 4 is 17.0 Å². The molecule has 1 saturated heterocycles. The van der Waals surface area contributed by atoms with E-state index in [1.165, 1.54) is 0 Å². The van der Waals surface area contributed by atoms with Gasteiger partial charge in [0, 0.05) is 26.2 Å². The van der Waals surface area contributed by atoms with Crippen LogP contribution in [0.4, 0.5) is 5.95 Å². The Morgan fingerprint density at radius 1 is 1.10 bits per heavy atom. The first-order valence-electron chi connectivity index (χ1n) is 7.90. The van der Waals surface area contributed by atoms with E-state index in [2.05, 4.69) is 20.9 Å². The Morgan fingerprint density at radius 3 is 2.86 bits per heavy atom. The fourth-order valence-corrected chi connectivity index (χ4v) is 2.94. The number of rotatable bonds is 5. The van der Waals surface area contributed by atoms with E-state index in [4.69, 9.17) is 10.1 Å². The zero-order valence-electron chi connectivity index (χ0n) is 12.5. The van der Waals surface area contributed by atoms with Crippen LogP contribution < -0.4 is 4.90 Å². The number of H-pyrrole nitrogens is 1. The minimum absolute atomic E-state index is 0.305. The summed E-state index contributed by atoms with van der Waals surface area (Å²) in [5.74, 6) is 0.994. The highest BCUT2D eigenvalue weighted by Gasteiger charge is 2.17. The van der Waals surface area contributed by atoms with Gasteiger partial charge in [0.15, 0.2) is 0 Å². The largest absolute Gasteiger partial charge is 0.396 e. The lowest BCUT2D eigenvalue weighted by molar-refractivity contribution is 0.250. The molecule has 0 spiro atoms. The van der Waals surface area contributed by atoms with Crippen molar-refractivity contribution in [2.45, 2.75) is 19.3 Å². The van der Waals surface area contributed by atoms with Gasteiger partial charge in [0.1, 0.15) is 0 Å². The predicted octanol–water partition coefficient (Wildman–Crippen LogP) is 1.85. The molecule has 2 N–H and O–H groups in total. The monoisotopic (exact) mass is 288 g/mol. The van der Waals surface area contributed by atoms with E-state index in [1.54, 1.807) is 0 Å². The number of unbranched alkanes of at least 4 members (excludes halogenated alkanes) is 1. The molecule has 0 saturated carbocycles. The Morgan fingerprint density at radius 2 is 2.00 bits per heavy atom. The molecule has 5 nitrogen and oxygen atoms in total. The lowest BCUT2D eigenvalue weighted by atomic mass is 10.3. The lowest BCUT2D eigenvalue weighted by Crippen LogP contribution is -2.31. The average Bonchev–Trinajstić information content (AvgIpc) is 2.80. The first kappa shape index (κ1) is 14.4. The van der Waals surface area contributed by atoms with Crippen molar-refractivity contribution in [2.75, 3.05) is 44.2 Å². The number of aliphatic hydroxyl groups excluding tert-OH is 1. The number of aromatic nitrogens is 2. The van der Waals surface area contributed by atoms with Gasteiger partial charge in [-0.05, 0) is 44.5 Å². The Hall–Kier alpha value is -1.59. The molecule has 5 heteroatoms. The van der Waals surface area contributed by atoms with Gasteiger partial charge in [-0.25, -0.2) is 4.98 Å². The molecule has 0 unspecified atom stereocenters. The fourth-order valence-electron chi connectivity index (χ4n) is 2.94. The van der Waals surface area contributed by atoms with Gasteiger partial charge in [0.25, 0.3) is 0 Å². The third-order valence-corrected chi connectivity index (χ3v) is 4.15. The van der Waals surface area contributed by atoms with Crippen LogP contribution in [0.3, 0.4) is 0 Å². The molecular formula is C16H24N4O. The van der Waals surface area contributed by atoms with Crippen LogP contribution in [0.1, 0.15) is 19.3 Å². The molecule has 0 amide bonds. The zero-order chi connectivity index (χ0) is 14.5. The molecule has 1 fully saturated rings. The van der Waals surface area contributed by atoms with Gasteiger partial charge in [0.2, 0.25) is 5.95 Å². The molecule has 1 aromatic carbocycles. The molecule has 1 aliphatic rings. The zero-order valence-corrected chi connectivity index (χ0v) is 12.5. The molecule has 21 heavy (non-hydrogen) atoms. The van der Waals surface area contributed by atoms with Gasteiger partial charge < -0.3 is 19.9 Å². The maximum atomic E-state index is 8.87. The number of imidazole rings is 1. The van der Waals surface area contributed by atoms with Gasteiger partial charge in [-0.3, -0.25) is 0 Å². The number of nitrogens with zero attached hydrogens (tertiary/aromatic N) is 3. The van der Waals surface area contributed by atoms with E-state index in [0.717, 1.165) is 69.0 Å². The van der Waals surface area contributed by atoms with E-state index in [0.29, 0.717) is 6.61 Å². The van der Waals surface area contributed by atoms with Gasteiger partial charge in [-0.2, -0.15) is 0 Å². The molecular weight excluding hydrogens is 264 g/mol. The van der Waals surface area contributed by atoms with Crippen molar-refractivity contribution in [3.63, 3.8) is 0 Å². The smallest absolute Gasteiger partial charge is 0.203 e. The second-order valence-corrected chi connectivity index (χ2v) is 5.69. The average molecular weight is 288 g/mol. The Kier molecular flexibility index (Phi) is 4.72. The van der Waals surface area contributed by atoms with E-state index < -0.39 is 0 Å². The molecule has 0 radical (unpaired) electrons. The molecule has 1 aromatic heterocycles. The molecule has 114 valence electrons. The quantitative estimate of drug-likeness (QED) is 0.825. The van der Waals surface area contributed by atoms with Crippen LogP contribution in [0, 0.1) is 0 Å². The second-order valence-electron chi connectivity index (χ2n) is 5.69. The SMILES string of the molecule is OCCCCN1CCCN(c2nc3ccccc3[nH]2)CC1. The normalized spacial score (nSPS) is 17.3. The molecule has 2 heterocycles. The van der Waals surface area contributed by atoms with E-state index in [9.17, 15) is 0 Å². The number of aromatic amines is 1. The summed E-state index contributed by atoms with van der Waals surface area (Å²) < 4.78 is 0. The van der Waals surface area contributed by atoms with Crippen molar-refractivity contribution in [2.24, 2.45) is 0 Å². The summed E-state index contributed by atoms with van der Waals surface area (Å²) in [6.07, 6.45) is 3.15. The van der Waals surface area contributed by atoms with Crippen molar-refractivity contribution < 1.29 is 5.11 Å². The summed E-state index contributed by atoms with van der Waals surface area (Å²) in [5.41, 5.74) is 2.15. The number of nitrogens with one attached hydrogen (secondary N) is 1. The predicted molar refractivity (Wildman–Crippen MR) is 85.7 cm³/mol. The number of benzene rings is 1. The third-order valence-electron chi connectivity index (χ3n) is 4.15. The van der Waals surface area contributed by atoms with Gasteiger partial charge in [-0.15, -0.1) is 0 Å². The van der Waals surface area contributed by atoms with Crippen LogP contribution in [-0.4, -0.2) is 59.3 Å². The number of hydrogen-bond donors (Lipinski definition) is 2. The van der Waals surface area contributed by atoms with Crippen molar-refractivity contribution in [1.82, 2.24) is 14.9 Å². The summed E-state index contributed by atoms with van der Waals surface area (Å²) in [6, 6.07) is 8.19. The summed E-state index contributed by atoms with van der Waals surface area (Å²) in [4.78, 5) is 13.0. The van der Waals surface area contributed by atoms with Crippen molar-refractivity contribution in [3.8, 4) is 0 Å². The summed E-state index contributed by atoms with van der Waals surface area (Å²) in [5, 5.41) is 8.87. The summed E-state index contributed by atoms with van der Waals surface area (Å²) in [7, 11) is 0. The van der Waals surface area contributed by atoms with Crippen LogP contribution in [0.5, 0.6) is 0 Å². The highest BCUT2D eigenvalue weighted by Crippen LogP contribution is 2.18. The number of fused-ring (bicyclic) bond motifs is 1. The molecule has 3 rings (SSSR count). The summed E-state index contributed by atoms with van der Waals surface area (Å²) >= 11 is 0. The molecule has 0 bridgehead atoms. The van der Waals surface area contributed by atoms with Crippen molar-refractivity contribution in [3.05, 3.63) is 24.3 Å². The topological polar surface area (TPSA) is 55.4 Å². The standard InChI is InChI=1S/C16H24N4O/c21-13-4-3-8-19-9-5-10-20(12-11-19)16-17-14-6-1-2-7-15(14)18-16/h1-2,6-7,21H,3-5,8-13H2,(H,17,18). The highest BCUT2D eigenvalue weighted by atomic mass is 16.2. The molecule has 2 aromatic rings. The molecule has 0 atom stereocenters. The Labute approximate surface area is 125 Å². The van der Waals surface area contributed by atoms with Crippen LogP contribution in [0.15, 0.2) is 24.3 Å². The number of aliphatic hydroxyl groups is 1. The lowest BCUT2D eigenvalue weighted by Gasteiger charge is -2.21. The van der Waals surface area contributed by atoms with E-state index in [-0.39, 0.29) is 0 Å². The summed E-state index contributed by atoms with van der Waals surface area (Å²) in [6.45, 7) is 5.67. The highest BCUT2D eigenvalue weighted by molar-refractivity contribution is 5.77. The number of anilines is 1. The van der Waals surface area contributed by atoms with Crippen molar-refractivity contribution in [1.29, 1.82) is 0 Å². The van der Waals surface area contributed by atoms with Crippen LogP contribution in [-0.2, 0) is 0 Å². The maximum absolute atomic E-state index is 8.87.